The molecule has 22 heavy (non-hydrogen) atoms. The number of benzene rings is 1. The van der Waals surface area contributed by atoms with Crippen LogP contribution in [0.1, 0.15) is 0 Å². The molecule has 0 atom stereocenters. The van der Waals surface area contributed by atoms with Gasteiger partial charge in [-0.1, -0.05) is 6.07 Å². The standard InChI is InChI=1S/C16H14FN3OS/c1-18-16-20-14(9-22-16)13-7-11(17)4-5-12(13)10-3-6-15(21-2)19-8-10/h3-9H,1-2H3,(H,18,20). The minimum Gasteiger partial charge on any atom is -0.481 e. The van der Waals surface area contributed by atoms with E-state index in [0.29, 0.717) is 5.88 Å². The number of ether oxygens (including phenoxy) is 1. The van der Waals surface area contributed by atoms with Gasteiger partial charge in [0.05, 0.1) is 12.8 Å². The van der Waals surface area contributed by atoms with Crippen LogP contribution in [0.15, 0.2) is 41.9 Å². The fourth-order valence-corrected chi connectivity index (χ4v) is 2.82. The quantitative estimate of drug-likeness (QED) is 0.788. The second kappa shape index (κ2) is 6.11. The number of rotatable bonds is 4. The van der Waals surface area contributed by atoms with Crippen LogP contribution in [0.4, 0.5) is 9.52 Å². The summed E-state index contributed by atoms with van der Waals surface area (Å²) in [5, 5.41) is 5.68. The minimum absolute atomic E-state index is 0.292. The largest absolute Gasteiger partial charge is 0.481 e. The molecule has 0 aliphatic carbocycles. The van der Waals surface area contributed by atoms with Crippen LogP contribution in [0.2, 0.25) is 0 Å². The van der Waals surface area contributed by atoms with Crippen molar-refractivity contribution in [3.8, 4) is 28.3 Å². The van der Waals surface area contributed by atoms with Crippen LogP contribution in [0.3, 0.4) is 0 Å². The van der Waals surface area contributed by atoms with Crippen molar-refractivity contribution in [2.45, 2.75) is 0 Å². The Kier molecular flexibility index (Phi) is 4.02. The van der Waals surface area contributed by atoms with Gasteiger partial charge >= 0.3 is 0 Å². The summed E-state index contributed by atoms with van der Waals surface area (Å²) in [5.41, 5.74) is 3.24. The van der Waals surface area contributed by atoms with E-state index in [1.165, 1.54) is 23.5 Å². The van der Waals surface area contributed by atoms with Crippen molar-refractivity contribution in [1.29, 1.82) is 0 Å². The van der Waals surface area contributed by atoms with Gasteiger partial charge in [-0.2, -0.15) is 0 Å². The van der Waals surface area contributed by atoms with E-state index in [2.05, 4.69) is 15.3 Å². The van der Waals surface area contributed by atoms with Crippen molar-refractivity contribution in [2.24, 2.45) is 0 Å². The highest BCUT2D eigenvalue weighted by Gasteiger charge is 2.12. The maximum atomic E-state index is 13.7. The van der Waals surface area contributed by atoms with E-state index >= 15 is 0 Å². The highest BCUT2D eigenvalue weighted by Crippen LogP contribution is 2.34. The van der Waals surface area contributed by atoms with Crippen LogP contribution in [0.5, 0.6) is 5.88 Å². The first kappa shape index (κ1) is 14.5. The van der Waals surface area contributed by atoms with Crippen LogP contribution in [0, 0.1) is 5.82 Å². The number of anilines is 1. The van der Waals surface area contributed by atoms with Crippen LogP contribution < -0.4 is 10.1 Å². The summed E-state index contributed by atoms with van der Waals surface area (Å²) in [7, 11) is 3.38. The summed E-state index contributed by atoms with van der Waals surface area (Å²) in [5.74, 6) is 0.248. The van der Waals surface area contributed by atoms with Gasteiger partial charge in [-0.25, -0.2) is 14.4 Å². The molecule has 4 nitrogen and oxygen atoms in total. The predicted molar refractivity (Wildman–Crippen MR) is 86.8 cm³/mol. The number of aromatic nitrogens is 2. The van der Waals surface area contributed by atoms with Crippen molar-refractivity contribution in [2.75, 3.05) is 19.5 Å². The third-order valence-electron chi connectivity index (χ3n) is 3.23. The maximum absolute atomic E-state index is 13.7. The van der Waals surface area contributed by atoms with Gasteiger partial charge in [-0.05, 0) is 23.8 Å². The molecule has 0 aliphatic rings. The van der Waals surface area contributed by atoms with Gasteiger partial charge in [0.2, 0.25) is 5.88 Å². The number of nitrogens with zero attached hydrogens (tertiary/aromatic N) is 2. The number of pyridine rings is 1. The second-order valence-electron chi connectivity index (χ2n) is 4.57. The molecule has 1 N–H and O–H groups in total. The van der Waals surface area contributed by atoms with Crippen LogP contribution in [-0.2, 0) is 0 Å². The van der Waals surface area contributed by atoms with Crippen molar-refractivity contribution in [3.05, 3.63) is 47.7 Å². The van der Waals surface area contributed by atoms with Crippen molar-refractivity contribution in [3.63, 3.8) is 0 Å². The Balaban J connectivity index is 2.10. The molecular weight excluding hydrogens is 301 g/mol. The van der Waals surface area contributed by atoms with Crippen molar-refractivity contribution < 1.29 is 9.13 Å². The monoisotopic (exact) mass is 315 g/mol. The van der Waals surface area contributed by atoms with Gasteiger partial charge in [0.1, 0.15) is 5.82 Å². The molecule has 6 heteroatoms. The lowest BCUT2D eigenvalue weighted by molar-refractivity contribution is 0.398. The second-order valence-corrected chi connectivity index (χ2v) is 5.43. The Bertz CT molecular complexity index is 786. The Hall–Kier alpha value is -2.47. The van der Waals surface area contributed by atoms with Crippen LogP contribution in [-0.4, -0.2) is 24.1 Å². The normalized spacial score (nSPS) is 10.5. The zero-order chi connectivity index (χ0) is 15.5. The number of hydrogen-bond donors (Lipinski definition) is 1. The summed E-state index contributed by atoms with van der Waals surface area (Å²) in [6.45, 7) is 0. The van der Waals surface area contributed by atoms with E-state index in [4.69, 9.17) is 4.74 Å². The average molecular weight is 315 g/mol. The number of thiazole rings is 1. The molecule has 112 valence electrons. The van der Waals surface area contributed by atoms with Crippen molar-refractivity contribution in [1.82, 2.24) is 9.97 Å². The summed E-state index contributed by atoms with van der Waals surface area (Å²) in [6.07, 6.45) is 1.71. The fraction of sp³-hybridized carbons (Fsp3) is 0.125. The van der Waals surface area contributed by atoms with Crippen LogP contribution in [0.25, 0.3) is 22.4 Å². The van der Waals surface area contributed by atoms with E-state index in [0.717, 1.165) is 27.5 Å². The Labute approximate surface area is 131 Å². The first-order chi connectivity index (χ1) is 10.7. The Morgan fingerprint density at radius 1 is 1.18 bits per heavy atom. The summed E-state index contributed by atoms with van der Waals surface area (Å²) in [6, 6.07) is 8.35. The van der Waals surface area contributed by atoms with Gasteiger partial charge < -0.3 is 10.1 Å². The first-order valence-electron chi connectivity index (χ1n) is 6.65. The molecule has 1 aromatic carbocycles. The smallest absolute Gasteiger partial charge is 0.212 e. The Morgan fingerprint density at radius 3 is 2.68 bits per heavy atom. The highest BCUT2D eigenvalue weighted by atomic mass is 32.1. The maximum Gasteiger partial charge on any atom is 0.212 e. The summed E-state index contributed by atoms with van der Waals surface area (Å²) < 4.78 is 18.7. The molecule has 0 unspecified atom stereocenters. The zero-order valence-electron chi connectivity index (χ0n) is 12.1. The minimum atomic E-state index is -0.292. The van der Waals surface area contributed by atoms with Gasteiger partial charge in [0.15, 0.2) is 5.13 Å². The average Bonchev–Trinajstić information content (AvgIpc) is 3.04. The van der Waals surface area contributed by atoms with E-state index in [1.807, 2.05) is 18.5 Å². The molecule has 0 bridgehead atoms. The van der Waals surface area contributed by atoms with Crippen molar-refractivity contribution >= 4 is 16.5 Å². The van der Waals surface area contributed by atoms with E-state index < -0.39 is 0 Å². The number of nitrogens with one attached hydrogen (secondary N) is 1. The molecule has 0 fully saturated rings. The van der Waals surface area contributed by atoms with Gasteiger partial charge in [0, 0.05) is 35.8 Å². The van der Waals surface area contributed by atoms with Gasteiger partial charge in [0.25, 0.3) is 0 Å². The SMILES string of the molecule is CNc1nc(-c2cc(F)ccc2-c2ccc(OC)nc2)cs1. The molecule has 0 saturated carbocycles. The Morgan fingerprint density at radius 2 is 2.05 bits per heavy atom. The summed E-state index contributed by atoms with van der Waals surface area (Å²) in [4.78, 5) is 8.66. The van der Waals surface area contributed by atoms with E-state index in [1.54, 1.807) is 25.4 Å². The van der Waals surface area contributed by atoms with Gasteiger partial charge in [-0.15, -0.1) is 11.3 Å². The molecular formula is C16H14FN3OS. The molecule has 3 aromatic rings. The highest BCUT2D eigenvalue weighted by molar-refractivity contribution is 7.14. The third kappa shape index (κ3) is 2.78. The zero-order valence-corrected chi connectivity index (χ0v) is 12.9. The first-order valence-corrected chi connectivity index (χ1v) is 7.53. The van der Waals surface area contributed by atoms with E-state index in [-0.39, 0.29) is 5.82 Å². The predicted octanol–water partition coefficient (Wildman–Crippen LogP) is 4.06. The molecule has 0 amide bonds. The molecule has 0 saturated heterocycles. The lowest BCUT2D eigenvalue weighted by Crippen LogP contribution is -1.91. The van der Waals surface area contributed by atoms with Crippen LogP contribution >= 0.6 is 11.3 Å². The lowest BCUT2D eigenvalue weighted by Gasteiger charge is -2.08. The lowest BCUT2D eigenvalue weighted by atomic mass is 9.99. The number of hydrogen-bond acceptors (Lipinski definition) is 5. The molecule has 0 spiro atoms. The fourth-order valence-electron chi connectivity index (χ4n) is 2.15. The molecule has 3 rings (SSSR count). The molecule has 2 heterocycles. The third-order valence-corrected chi connectivity index (χ3v) is 4.09. The summed E-state index contributed by atoms with van der Waals surface area (Å²) >= 11 is 1.48. The van der Waals surface area contributed by atoms with E-state index in [9.17, 15) is 4.39 Å². The number of methoxy groups -OCH3 is 1. The molecule has 0 aliphatic heterocycles. The number of halogens is 1. The molecule has 2 aromatic heterocycles. The topological polar surface area (TPSA) is 47.0 Å². The molecule has 0 radical (unpaired) electrons. The van der Waals surface area contributed by atoms with Gasteiger partial charge in [-0.3, -0.25) is 0 Å².